The van der Waals surface area contributed by atoms with Crippen LogP contribution in [0.15, 0.2) is 42.7 Å². The van der Waals surface area contributed by atoms with E-state index in [0.29, 0.717) is 35.7 Å². The van der Waals surface area contributed by atoms with E-state index in [-0.39, 0.29) is 17.9 Å². The molecule has 2 aromatic heterocycles. The fourth-order valence-electron chi connectivity index (χ4n) is 3.25. The van der Waals surface area contributed by atoms with Crippen molar-refractivity contribution in [3.8, 4) is 11.4 Å². The molecule has 27 heavy (non-hydrogen) atoms. The number of nitrogens with zero attached hydrogens (tertiary/aromatic N) is 3. The molecule has 0 saturated carbocycles. The van der Waals surface area contributed by atoms with E-state index in [1.165, 1.54) is 18.5 Å². The quantitative estimate of drug-likeness (QED) is 0.764. The highest BCUT2D eigenvalue weighted by atomic mass is 19.3. The van der Waals surface area contributed by atoms with Gasteiger partial charge in [0.25, 0.3) is 12.3 Å². The average molecular weight is 372 g/mol. The normalized spacial score (nSPS) is 13.6. The van der Waals surface area contributed by atoms with E-state index < -0.39 is 12.2 Å². The van der Waals surface area contributed by atoms with Crippen molar-refractivity contribution in [3.63, 3.8) is 0 Å². The van der Waals surface area contributed by atoms with Gasteiger partial charge in [-0.25, -0.2) is 23.1 Å². The fourth-order valence-corrected chi connectivity index (χ4v) is 3.25. The number of carbonyl (C=O) groups excluding carboxylic acids is 1. The number of benzene rings is 1. The average Bonchev–Trinajstić information content (AvgIpc) is 3.07. The van der Waals surface area contributed by atoms with Crippen molar-refractivity contribution in [2.75, 3.05) is 6.54 Å². The summed E-state index contributed by atoms with van der Waals surface area (Å²) in [5.74, 6) is -0.843. The highest BCUT2D eigenvalue weighted by Gasteiger charge is 2.20. The minimum atomic E-state index is -2.74. The number of rotatable bonds is 4. The first-order valence-corrected chi connectivity index (χ1v) is 8.38. The molecule has 1 amide bonds. The van der Waals surface area contributed by atoms with Crippen molar-refractivity contribution in [2.45, 2.75) is 19.4 Å². The van der Waals surface area contributed by atoms with Gasteiger partial charge in [0.2, 0.25) is 0 Å². The molecule has 3 heterocycles. The Hall–Kier alpha value is -3.16. The van der Waals surface area contributed by atoms with Crippen molar-refractivity contribution in [1.29, 1.82) is 0 Å². The van der Waals surface area contributed by atoms with Crippen LogP contribution in [0.1, 0.15) is 33.7 Å². The smallest absolute Gasteiger partial charge is 0.267 e. The molecule has 0 aliphatic carbocycles. The first-order valence-electron chi connectivity index (χ1n) is 8.38. The topological polar surface area (TPSA) is 59.8 Å². The van der Waals surface area contributed by atoms with Crippen molar-refractivity contribution in [1.82, 2.24) is 19.9 Å². The van der Waals surface area contributed by atoms with Crippen LogP contribution in [0.5, 0.6) is 0 Å². The SMILES string of the molecule is O=C1NCCn2c1ccc2-c1cc(Cc2cc(F)cc(C(F)F)c2)ncn1. The van der Waals surface area contributed by atoms with Crippen molar-refractivity contribution >= 4 is 5.91 Å². The highest BCUT2D eigenvalue weighted by molar-refractivity contribution is 5.94. The summed E-state index contributed by atoms with van der Waals surface area (Å²) >= 11 is 0. The molecule has 4 rings (SSSR count). The number of hydrogen-bond acceptors (Lipinski definition) is 3. The summed E-state index contributed by atoms with van der Waals surface area (Å²) in [6.45, 7) is 1.16. The molecule has 0 radical (unpaired) electrons. The van der Waals surface area contributed by atoms with Gasteiger partial charge < -0.3 is 9.88 Å². The van der Waals surface area contributed by atoms with Crippen LogP contribution in [-0.4, -0.2) is 27.0 Å². The Bertz CT molecular complexity index is 1020. The van der Waals surface area contributed by atoms with Gasteiger partial charge in [0, 0.05) is 30.8 Å². The fraction of sp³-hybridized carbons (Fsp3) is 0.211. The summed E-state index contributed by atoms with van der Waals surface area (Å²) < 4.78 is 41.2. The molecule has 1 aliphatic rings. The van der Waals surface area contributed by atoms with Crippen molar-refractivity contribution in [3.05, 3.63) is 71.1 Å². The van der Waals surface area contributed by atoms with Gasteiger partial charge in [-0.05, 0) is 42.0 Å². The summed E-state index contributed by atoms with van der Waals surface area (Å²) in [7, 11) is 0. The molecule has 0 bridgehead atoms. The van der Waals surface area contributed by atoms with Crippen LogP contribution in [0, 0.1) is 5.82 Å². The van der Waals surface area contributed by atoms with E-state index in [2.05, 4.69) is 15.3 Å². The Labute approximate surface area is 152 Å². The van der Waals surface area contributed by atoms with Gasteiger partial charge in [-0.15, -0.1) is 0 Å². The van der Waals surface area contributed by atoms with Gasteiger partial charge in [0.05, 0.1) is 11.4 Å². The summed E-state index contributed by atoms with van der Waals surface area (Å²) in [5.41, 5.74) is 2.57. The number of hydrogen-bond donors (Lipinski definition) is 1. The maximum atomic E-state index is 13.6. The third-order valence-corrected chi connectivity index (χ3v) is 4.44. The molecule has 1 N–H and O–H groups in total. The molecule has 8 heteroatoms. The monoisotopic (exact) mass is 372 g/mol. The van der Waals surface area contributed by atoms with Crippen LogP contribution in [0.25, 0.3) is 11.4 Å². The van der Waals surface area contributed by atoms with Gasteiger partial charge in [-0.3, -0.25) is 4.79 Å². The van der Waals surface area contributed by atoms with Gasteiger partial charge in [0.1, 0.15) is 17.8 Å². The second-order valence-electron chi connectivity index (χ2n) is 6.28. The lowest BCUT2D eigenvalue weighted by Gasteiger charge is -2.18. The van der Waals surface area contributed by atoms with E-state index >= 15 is 0 Å². The number of halogens is 3. The van der Waals surface area contributed by atoms with E-state index in [0.717, 1.165) is 11.8 Å². The third-order valence-electron chi connectivity index (χ3n) is 4.44. The lowest BCUT2D eigenvalue weighted by atomic mass is 10.1. The zero-order chi connectivity index (χ0) is 19.0. The maximum absolute atomic E-state index is 13.6. The van der Waals surface area contributed by atoms with Crippen LogP contribution in [0.4, 0.5) is 13.2 Å². The van der Waals surface area contributed by atoms with Gasteiger partial charge in [-0.1, -0.05) is 0 Å². The summed E-state index contributed by atoms with van der Waals surface area (Å²) in [5, 5.41) is 2.78. The molecular weight excluding hydrogens is 357 g/mol. The van der Waals surface area contributed by atoms with Crippen LogP contribution in [-0.2, 0) is 13.0 Å². The number of aromatic nitrogens is 3. The second-order valence-corrected chi connectivity index (χ2v) is 6.28. The molecule has 3 aromatic rings. The van der Waals surface area contributed by atoms with Crippen LogP contribution in [0.2, 0.25) is 0 Å². The molecular formula is C19H15F3N4O. The molecule has 0 spiro atoms. The Kier molecular flexibility index (Phi) is 4.39. The largest absolute Gasteiger partial charge is 0.349 e. The van der Waals surface area contributed by atoms with Crippen molar-refractivity contribution < 1.29 is 18.0 Å². The minimum Gasteiger partial charge on any atom is -0.349 e. The Morgan fingerprint density at radius 3 is 2.74 bits per heavy atom. The van der Waals surface area contributed by atoms with E-state index in [4.69, 9.17) is 0 Å². The first kappa shape index (κ1) is 17.3. The molecule has 0 fully saturated rings. The molecule has 0 atom stereocenters. The van der Waals surface area contributed by atoms with Crippen LogP contribution < -0.4 is 5.32 Å². The maximum Gasteiger partial charge on any atom is 0.267 e. The van der Waals surface area contributed by atoms with E-state index in [9.17, 15) is 18.0 Å². The number of carbonyl (C=O) groups is 1. The summed E-state index contributed by atoms with van der Waals surface area (Å²) in [6.07, 6.45) is -1.17. The standard InChI is InChI=1S/C19H15F3N4O/c20-13-6-11(5-12(8-13)18(21)22)7-14-9-15(25-10-24-14)16-1-2-17-19(27)23-3-4-26(16)17/h1-2,5-6,8-10,18H,3-4,7H2,(H,23,27). The second kappa shape index (κ2) is 6.86. The van der Waals surface area contributed by atoms with Crippen LogP contribution >= 0.6 is 0 Å². The summed E-state index contributed by atoms with van der Waals surface area (Å²) in [6, 6.07) is 8.59. The van der Waals surface area contributed by atoms with Gasteiger partial charge >= 0.3 is 0 Å². The van der Waals surface area contributed by atoms with Crippen LogP contribution in [0.3, 0.4) is 0 Å². The Morgan fingerprint density at radius 2 is 1.93 bits per heavy atom. The first-order chi connectivity index (χ1) is 13.0. The molecule has 1 aromatic carbocycles. The number of amides is 1. The Balaban J connectivity index is 1.65. The molecule has 0 saturated heterocycles. The molecule has 0 unspecified atom stereocenters. The molecule has 138 valence electrons. The minimum absolute atomic E-state index is 0.138. The number of alkyl halides is 2. The lowest BCUT2D eigenvalue weighted by Crippen LogP contribution is -2.35. The van der Waals surface area contributed by atoms with Gasteiger partial charge in [-0.2, -0.15) is 0 Å². The zero-order valence-electron chi connectivity index (χ0n) is 14.1. The van der Waals surface area contributed by atoms with E-state index in [1.807, 2.05) is 10.6 Å². The number of nitrogens with one attached hydrogen (secondary N) is 1. The number of fused-ring (bicyclic) bond motifs is 1. The molecule has 5 nitrogen and oxygen atoms in total. The third kappa shape index (κ3) is 3.42. The van der Waals surface area contributed by atoms with E-state index in [1.54, 1.807) is 12.1 Å². The highest BCUT2D eigenvalue weighted by Crippen LogP contribution is 2.25. The predicted molar refractivity (Wildman–Crippen MR) is 92.0 cm³/mol. The lowest BCUT2D eigenvalue weighted by molar-refractivity contribution is 0.0928. The van der Waals surface area contributed by atoms with Gasteiger partial charge in [0.15, 0.2) is 0 Å². The molecule has 1 aliphatic heterocycles. The van der Waals surface area contributed by atoms with Crippen molar-refractivity contribution in [2.24, 2.45) is 0 Å². The summed E-state index contributed by atoms with van der Waals surface area (Å²) in [4.78, 5) is 20.3. The predicted octanol–water partition coefficient (Wildman–Crippen LogP) is 3.36. The Morgan fingerprint density at radius 1 is 1.11 bits per heavy atom. The zero-order valence-corrected chi connectivity index (χ0v) is 14.1.